The van der Waals surface area contributed by atoms with Crippen molar-refractivity contribution in [1.82, 2.24) is 5.32 Å². The summed E-state index contributed by atoms with van der Waals surface area (Å²) in [5.41, 5.74) is 6.03. The van der Waals surface area contributed by atoms with Crippen molar-refractivity contribution >= 4 is 23.2 Å². The highest BCUT2D eigenvalue weighted by molar-refractivity contribution is 6.33. The molecular formula is C11H12ClF3N2O. The van der Waals surface area contributed by atoms with Crippen LogP contribution >= 0.6 is 11.6 Å². The van der Waals surface area contributed by atoms with Gasteiger partial charge in [-0.25, -0.2) is 0 Å². The summed E-state index contributed by atoms with van der Waals surface area (Å²) in [6.45, 7) is -0.0408. The summed E-state index contributed by atoms with van der Waals surface area (Å²) in [5.74, 6) is -0.472. The number of nitrogen functional groups attached to an aromatic ring is 1. The molecule has 0 unspecified atom stereocenters. The van der Waals surface area contributed by atoms with Gasteiger partial charge in [-0.2, -0.15) is 13.2 Å². The minimum Gasteiger partial charge on any atom is -0.398 e. The molecular weight excluding hydrogens is 269 g/mol. The smallest absolute Gasteiger partial charge is 0.389 e. The van der Waals surface area contributed by atoms with Crippen LogP contribution in [0.4, 0.5) is 18.9 Å². The second-order valence-corrected chi connectivity index (χ2v) is 4.12. The summed E-state index contributed by atoms with van der Waals surface area (Å²) in [7, 11) is 0. The van der Waals surface area contributed by atoms with Crippen molar-refractivity contribution in [2.24, 2.45) is 0 Å². The van der Waals surface area contributed by atoms with Gasteiger partial charge in [0.05, 0.1) is 10.7 Å². The minimum absolute atomic E-state index is 0.0408. The lowest BCUT2D eigenvalue weighted by atomic mass is 10.2. The van der Waals surface area contributed by atoms with Crippen LogP contribution in [0.5, 0.6) is 0 Å². The third kappa shape index (κ3) is 4.83. The summed E-state index contributed by atoms with van der Waals surface area (Å²) >= 11 is 5.68. The summed E-state index contributed by atoms with van der Waals surface area (Å²) in [6.07, 6.45) is -5.27. The van der Waals surface area contributed by atoms with Crippen LogP contribution in [0.2, 0.25) is 5.02 Å². The highest BCUT2D eigenvalue weighted by atomic mass is 35.5. The first kappa shape index (κ1) is 14.6. The van der Waals surface area contributed by atoms with E-state index in [2.05, 4.69) is 5.32 Å². The molecule has 0 saturated carbocycles. The lowest BCUT2D eigenvalue weighted by Gasteiger charge is -2.08. The van der Waals surface area contributed by atoms with Crippen molar-refractivity contribution in [2.45, 2.75) is 19.0 Å². The first-order valence-electron chi connectivity index (χ1n) is 5.19. The Morgan fingerprint density at radius 1 is 1.39 bits per heavy atom. The molecule has 0 fully saturated rings. The monoisotopic (exact) mass is 280 g/mol. The van der Waals surface area contributed by atoms with E-state index in [0.29, 0.717) is 5.02 Å². The zero-order chi connectivity index (χ0) is 13.8. The van der Waals surface area contributed by atoms with Crippen LogP contribution in [0.1, 0.15) is 23.2 Å². The van der Waals surface area contributed by atoms with E-state index in [1.54, 1.807) is 0 Å². The number of carbonyl (C=O) groups is 1. The Bertz CT molecular complexity index is 435. The Balaban J connectivity index is 2.43. The average Bonchev–Trinajstić information content (AvgIpc) is 2.26. The van der Waals surface area contributed by atoms with Crippen molar-refractivity contribution in [3.63, 3.8) is 0 Å². The van der Waals surface area contributed by atoms with Gasteiger partial charge < -0.3 is 11.1 Å². The fourth-order valence-corrected chi connectivity index (χ4v) is 1.40. The lowest BCUT2D eigenvalue weighted by molar-refractivity contribution is -0.135. The number of alkyl halides is 3. The molecule has 1 amide bonds. The molecule has 0 spiro atoms. The van der Waals surface area contributed by atoms with Crippen molar-refractivity contribution < 1.29 is 18.0 Å². The maximum absolute atomic E-state index is 11.9. The number of amides is 1. The molecule has 0 aliphatic carbocycles. The van der Waals surface area contributed by atoms with Crippen molar-refractivity contribution in [1.29, 1.82) is 0 Å². The summed E-state index contributed by atoms with van der Waals surface area (Å²) in [4.78, 5) is 11.5. The number of hydrogen-bond donors (Lipinski definition) is 2. The number of nitrogens with two attached hydrogens (primary N) is 1. The SMILES string of the molecule is Nc1cc(C(=O)NCCCC(F)(F)F)ccc1Cl. The molecule has 0 heterocycles. The molecule has 1 rings (SSSR count). The normalized spacial score (nSPS) is 11.3. The van der Waals surface area contributed by atoms with E-state index in [0.717, 1.165) is 0 Å². The molecule has 7 heteroatoms. The molecule has 1 aromatic carbocycles. The van der Waals surface area contributed by atoms with E-state index in [1.165, 1.54) is 18.2 Å². The average molecular weight is 281 g/mol. The van der Waals surface area contributed by atoms with E-state index >= 15 is 0 Å². The van der Waals surface area contributed by atoms with Gasteiger partial charge >= 0.3 is 6.18 Å². The minimum atomic E-state index is -4.20. The van der Waals surface area contributed by atoms with Gasteiger partial charge in [-0.15, -0.1) is 0 Å². The zero-order valence-electron chi connectivity index (χ0n) is 9.35. The third-order valence-electron chi connectivity index (χ3n) is 2.18. The van der Waals surface area contributed by atoms with Gasteiger partial charge in [-0.05, 0) is 24.6 Å². The maximum Gasteiger partial charge on any atom is 0.389 e. The Hall–Kier alpha value is -1.43. The van der Waals surface area contributed by atoms with Crippen LogP contribution in [0.3, 0.4) is 0 Å². The number of rotatable bonds is 4. The molecule has 0 saturated heterocycles. The second-order valence-electron chi connectivity index (χ2n) is 3.71. The molecule has 0 aliphatic rings. The molecule has 100 valence electrons. The molecule has 0 bridgehead atoms. The lowest BCUT2D eigenvalue weighted by Crippen LogP contribution is -2.25. The Labute approximate surface area is 107 Å². The number of anilines is 1. The Morgan fingerprint density at radius 3 is 2.61 bits per heavy atom. The first-order chi connectivity index (χ1) is 8.29. The van der Waals surface area contributed by atoms with Crippen molar-refractivity contribution in [3.05, 3.63) is 28.8 Å². The fourth-order valence-electron chi connectivity index (χ4n) is 1.28. The largest absolute Gasteiger partial charge is 0.398 e. The highest BCUT2D eigenvalue weighted by Crippen LogP contribution is 2.21. The maximum atomic E-state index is 11.9. The second kappa shape index (κ2) is 5.95. The molecule has 0 aliphatic heterocycles. The van der Waals surface area contributed by atoms with E-state index in [1.807, 2.05) is 0 Å². The van der Waals surface area contributed by atoms with Crippen molar-refractivity contribution in [2.75, 3.05) is 12.3 Å². The molecule has 0 atom stereocenters. The number of carbonyl (C=O) groups excluding carboxylic acids is 1. The van der Waals surface area contributed by atoms with Crippen LogP contribution in [0.25, 0.3) is 0 Å². The first-order valence-corrected chi connectivity index (χ1v) is 5.57. The third-order valence-corrected chi connectivity index (χ3v) is 2.52. The standard InChI is InChI=1S/C11H12ClF3N2O/c12-8-3-2-7(6-9(8)16)10(18)17-5-1-4-11(13,14)15/h2-3,6H,1,4-5,16H2,(H,17,18). The van der Waals surface area contributed by atoms with Crippen LogP contribution in [-0.4, -0.2) is 18.6 Å². The number of nitrogens with one attached hydrogen (secondary N) is 1. The van der Waals surface area contributed by atoms with Gasteiger partial charge in [0.1, 0.15) is 0 Å². The van der Waals surface area contributed by atoms with E-state index in [4.69, 9.17) is 17.3 Å². The topological polar surface area (TPSA) is 55.1 Å². The number of halogens is 4. The highest BCUT2D eigenvalue weighted by Gasteiger charge is 2.25. The van der Waals surface area contributed by atoms with Gasteiger partial charge in [0.25, 0.3) is 5.91 Å². The van der Waals surface area contributed by atoms with Crippen LogP contribution in [-0.2, 0) is 0 Å². The summed E-state index contributed by atoms with van der Waals surface area (Å²) < 4.78 is 35.6. The number of benzene rings is 1. The fraction of sp³-hybridized carbons (Fsp3) is 0.364. The molecule has 0 radical (unpaired) electrons. The van der Waals surface area contributed by atoms with Gasteiger partial charge in [0, 0.05) is 18.5 Å². The van der Waals surface area contributed by atoms with E-state index in [9.17, 15) is 18.0 Å². The quantitative estimate of drug-likeness (QED) is 0.658. The predicted molar refractivity (Wildman–Crippen MR) is 63.5 cm³/mol. The van der Waals surface area contributed by atoms with Gasteiger partial charge in [-0.3, -0.25) is 4.79 Å². The van der Waals surface area contributed by atoms with Crippen LogP contribution in [0.15, 0.2) is 18.2 Å². The molecule has 0 aromatic heterocycles. The number of hydrogen-bond acceptors (Lipinski definition) is 2. The van der Waals surface area contributed by atoms with Gasteiger partial charge in [-0.1, -0.05) is 11.6 Å². The predicted octanol–water partition coefficient (Wildman–Crippen LogP) is 2.99. The molecule has 3 N–H and O–H groups in total. The van der Waals surface area contributed by atoms with Crippen LogP contribution < -0.4 is 11.1 Å². The van der Waals surface area contributed by atoms with Gasteiger partial charge in [0.15, 0.2) is 0 Å². The Kier molecular flexibility index (Phi) is 4.84. The molecule has 3 nitrogen and oxygen atoms in total. The van der Waals surface area contributed by atoms with Crippen LogP contribution in [0, 0.1) is 0 Å². The summed E-state index contributed by atoms with van der Waals surface area (Å²) in [6, 6.07) is 4.29. The van der Waals surface area contributed by atoms with Gasteiger partial charge in [0.2, 0.25) is 0 Å². The Morgan fingerprint density at radius 2 is 2.06 bits per heavy atom. The van der Waals surface area contributed by atoms with E-state index < -0.39 is 18.5 Å². The molecule has 1 aromatic rings. The van der Waals surface area contributed by atoms with Crippen molar-refractivity contribution in [3.8, 4) is 0 Å². The summed E-state index contributed by atoms with van der Waals surface area (Å²) in [5, 5.41) is 2.70. The van der Waals surface area contributed by atoms with E-state index in [-0.39, 0.29) is 24.2 Å². The molecule has 18 heavy (non-hydrogen) atoms. The zero-order valence-corrected chi connectivity index (χ0v) is 10.1.